The van der Waals surface area contributed by atoms with E-state index in [1.807, 2.05) is 30.3 Å². The normalized spacial score (nSPS) is 9.95. The third-order valence-electron chi connectivity index (χ3n) is 3.03. The van der Waals surface area contributed by atoms with E-state index in [2.05, 4.69) is 0 Å². The van der Waals surface area contributed by atoms with Gasteiger partial charge in [-0.25, -0.2) is 4.79 Å². The van der Waals surface area contributed by atoms with Crippen LogP contribution in [0.4, 0.5) is 0 Å². The van der Waals surface area contributed by atoms with Gasteiger partial charge in [0.15, 0.2) is 11.5 Å². The average Bonchev–Trinajstić information content (AvgIpc) is 2.53. The summed E-state index contributed by atoms with van der Waals surface area (Å²) in [5, 5.41) is 0. The van der Waals surface area contributed by atoms with Crippen LogP contribution in [-0.4, -0.2) is 27.3 Å². The van der Waals surface area contributed by atoms with E-state index in [0.29, 0.717) is 17.1 Å². The molecule has 104 valence electrons. The summed E-state index contributed by atoms with van der Waals surface area (Å²) in [6.45, 7) is 0. The smallest absolute Gasteiger partial charge is 0.338 e. The molecule has 2 aromatic rings. The topological polar surface area (TPSA) is 44.8 Å². The van der Waals surface area contributed by atoms with E-state index in [1.165, 1.54) is 7.11 Å². The van der Waals surface area contributed by atoms with Crippen molar-refractivity contribution >= 4 is 5.97 Å². The van der Waals surface area contributed by atoms with Gasteiger partial charge < -0.3 is 14.2 Å². The van der Waals surface area contributed by atoms with Gasteiger partial charge in [-0.1, -0.05) is 30.3 Å². The zero-order valence-electron chi connectivity index (χ0n) is 11.7. The fourth-order valence-corrected chi connectivity index (χ4v) is 2.11. The molecule has 0 spiro atoms. The van der Waals surface area contributed by atoms with Crippen molar-refractivity contribution in [3.8, 4) is 22.6 Å². The highest BCUT2D eigenvalue weighted by Gasteiger charge is 2.17. The first-order valence-electron chi connectivity index (χ1n) is 6.11. The van der Waals surface area contributed by atoms with Gasteiger partial charge in [-0.05, 0) is 12.1 Å². The average molecular weight is 272 g/mol. The summed E-state index contributed by atoms with van der Waals surface area (Å²) >= 11 is 0. The Hall–Kier alpha value is -2.49. The second kappa shape index (κ2) is 6.10. The summed E-state index contributed by atoms with van der Waals surface area (Å²) in [6.07, 6.45) is 0. The summed E-state index contributed by atoms with van der Waals surface area (Å²) < 4.78 is 15.5. The Balaban J connectivity index is 2.66. The Bertz CT molecular complexity index is 620. The van der Waals surface area contributed by atoms with E-state index in [9.17, 15) is 4.79 Å². The van der Waals surface area contributed by atoms with Crippen LogP contribution in [0.15, 0.2) is 42.5 Å². The predicted molar refractivity (Wildman–Crippen MR) is 76.3 cm³/mol. The minimum absolute atomic E-state index is 0.384. The number of hydrogen-bond donors (Lipinski definition) is 0. The summed E-state index contributed by atoms with van der Waals surface area (Å²) in [4.78, 5) is 11.9. The Labute approximate surface area is 117 Å². The van der Waals surface area contributed by atoms with Crippen LogP contribution in [0.2, 0.25) is 0 Å². The van der Waals surface area contributed by atoms with Gasteiger partial charge in [0, 0.05) is 11.1 Å². The number of esters is 1. The molecule has 0 N–H and O–H groups in total. The van der Waals surface area contributed by atoms with Crippen LogP contribution in [-0.2, 0) is 4.74 Å². The summed E-state index contributed by atoms with van der Waals surface area (Å²) in [5.74, 6) is 0.821. The van der Waals surface area contributed by atoms with Gasteiger partial charge in [-0.2, -0.15) is 0 Å². The standard InChI is InChI=1S/C16H16O4/c1-18-14-10-6-9-12(15(14)19-2)11-7-4-5-8-13(11)16(17)20-3/h4-10H,1-3H3. The van der Waals surface area contributed by atoms with E-state index in [1.54, 1.807) is 26.4 Å². The molecule has 2 rings (SSSR count). The molecule has 0 atom stereocenters. The van der Waals surface area contributed by atoms with Gasteiger partial charge in [-0.3, -0.25) is 0 Å². The molecule has 0 saturated carbocycles. The third-order valence-corrected chi connectivity index (χ3v) is 3.03. The highest BCUT2D eigenvalue weighted by Crippen LogP contribution is 2.39. The fourth-order valence-electron chi connectivity index (χ4n) is 2.11. The summed E-state index contributed by atoms with van der Waals surface area (Å²) in [5.41, 5.74) is 2.02. The van der Waals surface area contributed by atoms with Crippen molar-refractivity contribution in [3.05, 3.63) is 48.0 Å². The molecule has 4 heteroatoms. The molecule has 0 fully saturated rings. The summed E-state index contributed by atoms with van der Waals surface area (Å²) in [6, 6.07) is 12.8. The Kier molecular flexibility index (Phi) is 4.25. The van der Waals surface area contributed by atoms with E-state index >= 15 is 0 Å². The largest absolute Gasteiger partial charge is 0.493 e. The first-order chi connectivity index (χ1) is 9.72. The number of carbonyl (C=O) groups is 1. The van der Waals surface area contributed by atoms with Crippen molar-refractivity contribution in [1.29, 1.82) is 0 Å². The van der Waals surface area contributed by atoms with Gasteiger partial charge in [0.2, 0.25) is 0 Å². The molecular weight excluding hydrogens is 256 g/mol. The van der Waals surface area contributed by atoms with Crippen LogP contribution < -0.4 is 9.47 Å². The lowest BCUT2D eigenvalue weighted by molar-refractivity contribution is 0.0601. The lowest BCUT2D eigenvalue weighted by Gasteiger charge is -2.14. The molecule has 0 radical (unpaired) electrons. The van der Waals surface area contributed by atoms with E-state index in [0.717, 1.165) is 11.1 Å². The lowest BCUT2D eigenvalue weighted by atomic mass is 9.98. The zero-order valence-corrected chi connectivity index (χ0v) is 11.7. The number of carbonyl (C=O) groups excluding carboxylic acids is 1. The monoisotopic (exact) mass is 272 g/mol. The molecule has 0 saturated heterocycles. The molecule has 0 amide bonds. The Morgan fingerprint density at radius 3 is 2.20 bits per heavy atom. The number of methoxy groups -OCH3 is 3. The van der Waals surface area contributed by atoms with Crippen LogP contribution in [0.3, 0.4) is 0 Å². The first kappa shape index (κ1) is 13.9. The van der Waals surface area contributed by atoms with Crippen molar-refractivity contribution in [1.82, 2.24) is 0 Å². The molecule has 0 aliphatic rings. The lowest BCUT2D eigenvalue weighted by Crippen LogP contribution is -2.04. The van der Waals surface area contributed by atoms with Crippen LogP contribution in [0, 0.1) is 0 Å². The maximum Gasteiger partial charge on any atom is 0.338 e. The van der Waals surface area contributed by atoms with Gasteiger partial charge in [0.1, 0.15) is 0 Å². The zero-order chi connectivity index (χ0) is 14.5. The molecule has 0 aliphatic carbocycles. The van der Waals surface area contributed by atoms with Gasteiger partial charge in [-0.15, -0.1) is 0 Å². The molecule has 0 aromatic heterocycles. The molecule has 2 aromatic carbocycles. The van der Waals surface area contributed by atoms with Crippen LogP contribution in [0.1, 0.15) is 10.4 Å². The number of benzene rings is 2. The molecule has 0 unspecified atom stereocenters. The molecule has 0 bridgehead atoms. The van der Waals surface area contributed by atoms with Crippen molar-refractivity contribution in [2.24, 2.45) is 0 Å². The molecule has 20 heavy (non-hydrogen) atoms. The van der Waals surface area contributed by atoms with Gasteiger partial charge in [0.05, 0.1) is 26.9 Å². The number of rotatable bonds is 4. The highest BCUT2D eigenvalue weighted by molar-refractivity contribution is 5.98. The number of ether oxygens (including phenoxy) is 3. The van der Waals surface area contributed by atoms with E-state index in [4.69, 9.17) is 14.2 Å². The second-order valence-electron chi connectivity index (χ2n) is 4.08. The second-order valence-corrected chi connectivity index (χ2v) is 4.08. The molecule has 4 nitrogen and oxygen atoms in total. The molecule has 0 aliphatic heterocycles. The van der Waals surface area contributed by atoms with E-state index in [-0.39, 0.29) is 5.97 Å². The third kappa shape index (κ3) is 2.45. The van der Waals surface area contributed by atoms with Crippen molar-refractivity contribution in [2.75, 3.05) is 21.3 Å². The minimum Gasteiger partial charge on any atom is -0.493 e. The van der Waals surface area contributed by atoms with E-state index < -0.39 is 0 Å². The van der Waals surface area contributed by atoms with Crippen molar-refractivity contribution < 1.29 is 19.0 Å². The molecular formula is C16H16O4. The Morgan fingerprint density at radius 1 is 0.850 bits per heavy atom. The maximum absolute atomic E-state index is 11.9. The SMILES string of the molecule is COC(=O)c1ccccc1-c1cccc(OC)c1OC. The van der Waals surface area contributed by atoms with Crippen LogP contribution in [0.5, 0.6) is 11.5 Å². The number of para-hydroxylation sites is 1. The first-order valence-corrected chi connectivity index (χ1v) is 6.11. The fraction of sp³-hybridized carbons (Fsp3) is 0.188. The van der Waals surface area contributed by atoms with Crippen molar-refractivity contribution in [3.63, 3.8) is 0 Å². The van der Waals surface area contributed by atoms with Crippen molar-refractivity contribution in [2.45, 2.75) is 0 Å². The maximum atomic E-state index is 11.9. The highest BCUT2D eigenvalue weighted by atomic mass is 16.5. The van der Waals surface area contributed by atoms with Gasteiger partial charge in [0.25, 0.3) is 0 Å². The Morgan fingerprint density at radius 2 is 1.55 bits per heavy atom. The predicted octanol–water partition coefficient (Wildman–Crippen LogP) is 3.16. The molecule has 0 heterocycles. The van der Waals surface area contributed by atoms with Crippen LogP contribution >= 0.6 is 0 Å². The minimum atomic E-state index is -0.384. The summed E-state index contributed by atoms with van der Waals surface area (Å²) in [7, 11) is 4.51. The van der Waals surface area contributed by atoms with Gasteiger partial charge >= 0.3 is 5.97 Å². The number of hydrogen-bond acceptors (Lipinski definition) is 4. The van der Waals surface area contributed by atoms with Crippen LogP contribution in [0.25, 0.3) is 11.1 Å². The quantitative estimate of drug-likeness (QED) is 0.802.